The van der Waals surface area contributed by atoms with Gasteiger partial charge in [0, 0.05) is 25.9 Å². The molecule has 1 atom stereocenters. The number of hydrogen-bond donors (Lipinski definition) is 0. The molecule has 0 aromatic heterocycles. The number of carbonyl (C=O) groups excluding carboxylic acids is 1. The summed E-state index contributed by atoms with van der Waals surface area (Å²) in [6.45, 7) is 5.56. The van der Waals surface area contributed by atoms with E-state index in [1.165, 1.54) is 11.1 Å². The standard InChI is InChI=1S/C13H17NO/c1-10-4-3-5-12(8-10)13-6-7-14(9-13)11(2)15/h3-5,8,13H,6-7,9H2,1-2H3. The number of benzene rings is 1. The second kappa shape index (κ2) is 4.05. The van der Waals surface area contributed by atoms with Crippen LogP contribution in [0.5, 0.6) is 0 Å². The molecule has 0 radical (unpaired) electrons. The van der Waals surface area contributed by atoms with Crippen molar-refractivity contribution in [1.29, 1.82) is 0 Å². The van der Waals surface area contributed by atoms with Crippen LogP contribution < -0.4 is 0 Å². The molecule has 1 aromatic rings. The highest BCUT2D eigenvalue weighted by Crippen LogP contribution is 2.27. The average Bonchev–Trinajstić information content (AvgIpc) is 2.66. The molecule has 1 aromatic carbocycles. The van der Waals surface area contributed by atoms with Gasteiger partial charge in [-0.05, 0) is 18.9 Å². The highest BCUT2D eigenvalue weighted by molar-refractivity contribution is 5.73. The summed E-state index contributed by atoms with van der Waals surface area (Å²) in [5.74, 6) is 0.735. The van der Waals surface area contributed by atoms with Crippen molar-refractivity contribution in [2.24, 2.45) is 0 Å². The lowest BCUT2D eigenvalue weighted by atomic mass is 9.97. The minimum absolute atomic E-state index is 0.199. The van der Waals surface area contributed by atoms with Gasteiger partial charge in [-0.3, -0.25) is 4.79 Å². The van der Waals surface area contributed by atoms with E-state index in [4.69, 9.17) is 0 Å². The molecule has 2 nitrogen and oxygen atoms in total. The normalized spacial score (nSPS) is 20.7. The minimum Gasteiger partial charge on any atom is -0.342 e. The van der Waals surface area contributed by atoms with Crippen LogP contribution in [0.1, 0.15) is 30.4 Å². The molecule has 1 aliphatic heterocycles. The molecule has 2 rings (SSSR count). The molecule has 0 N–H and O–H groups in total. The minimum atomic E-state index is 0.199. The van der Waals surface area contributed by atoms with Gasteiger partial charge in [0.2, 0.25) is 5.91 Å². The van der Waals surface area contributed by atoms with Gasteiger partial charge in [0.1, 0.15) is 0 Å². The van der Waals surface area contributed by atoms with Gasteiger partial charge >= 0.3 is 0 Å². The third-order valence-corrected chi connectivity index (χ3v) is 3.15. The van der Waals surface area contributed by atoms with Crippen LogP contribution in [0.3, 0.4) is 0 Å². The van der Waals surface area contributed by atoms with Crippen LogP contribution in [0.25, 0.3) is 0 Å². The Morgan fingerprint density at radius 2 is 2.27 bits per heavy atom. The van der Waals surface area contributed by atoms with Crippen molar-refractivity contribution >= 4 is 5.91 Å². The average molecular weight is 203 g/mol. The molecule has 0 bridgehead atoms. The summed E-state index contributed by atoms with van der Waals surface area (Å²) in [5, 5.41) is 0. The molecule has 15 heavy (non-hydrogen) atoms. The van der Waals surface area contributed by atoms with E-state index in [2.05, 4.69) is 31.2 Å². The summed E-state index contributed by atoms with van der Waals surface area (Å²) in [6, 6.07) is 8.61. The first-order chi connectivity index (χ1) is 7.16. The van der Waals surface area contributed by atoms with Crippen molar-refractivity contribution < 1.29 is 4.79 Å². The summed E-state index contributed by atoms with van der Waals surface area (Å²) < 4.78 is 0. The summed E-state index contributed by atoms with van der Waals surface area (Å²) in [7, 11) is 0. The number of carbonyl (C=O) groups is 1. The largest absolute Gasteiger partial charge is 0.342 e. The van der Waals surface area contributed by atoms with Gasteiger partial charge in [0.15, 0.2) is 0 Å². The molecular formula is C13H17NO. The number of aryl methyl sites for hydroxylation is 1. The van der Waals surface area contributed by atoms with Crippen LogP contribution in [0.15, 0.2) is 24.3 Å². The molecule has 80 valence electrons. The van der Waals surface area contributed by atoms with E-state index in [1.54, 1.807) is 6.92 Å². The molecule has 1 unspecified atom stereocenters. The van der Waals surface area contributed by atoms with E-state index >= 15 is 0 Å². The molecule has 1 heterocycles. The molecule has 1 saturated heterocycles. The Morgan fingerprint density at radius 3 is 2.87 bits per heavy atom. The zero-order chi connectivity index (χ0) is 10.8. The highest BCUT2D eigenvalue weighted by Gasteiger charge is 2.25. The van der Waals surface area contributed by atoms with Crippen molar-refractivity contribution in [3.8, 4) is 0 Å². The van der Waals surface area contributed by atoms with Crippen LogP contribution in [-0.4, -0.2) is 23.9 Å². The quantitative estimate of drug-likeness (QED) is 0.686. The van der Waals surface area contributed by atoms with Gasteiger partial charge in [-0.15, -0.1) is 0 Å². The lowest BCUT2D eigenvalue weighted by molar-refractivity contribution is -0.127. The lowest BCUT2D eigenvalue weighted by Crippen LogP contribution is -2.25. The summed E-state index contributed by atoms with van der Waals surface area (Å²) in [5.41, 5.74) is 2.67. The van der Waals surface area contributed by atoms with Gasteiger partial charge in [-0.25, -0.2) is 0 Å². The van der Waals surface area contributed by atoms with Gasteiger partial charge < -0.3 is 4.90 Å². The van der Waals surface area contributed by atoms with Crippen molar-refractivity contribution in [3.05, 3.63) is 35.4 Å². The summed E-state index contributed by atoms with van der Waals surface area (Å²) >= 11 is 0. The number of rotatable bonds is 1. The second-order valence-corrected chi connectivity index (χ2v) is 4.36. The van der Waals surface area contributed by atoms with Gasteiger partial charge in [-0.2, -0.15) is 0 Å². The fourth-order valence-electron chi connectivity index (χ4n) is 2.24. The maximum Gasteiger partial charge on any atom is 0.219 e. The first-order valence-corrected chi connectivity index (χ1v) is 5.49. The van der Waals surface area contributed by atoms with Crippen LogP contribution in [-0.2, 0) is 4.79 Å². The molecule has 0 spiro atoms. The number of nitrogens with zero attached hydrogens (tertiary/aromatic N) is 1. The summed E-state index contributed by atoms with van der Waals surface area (Å²) in [6.07, 6.45) is 1.10. The fraction of sp³-hybridized carbons (Fsp3) is 0.462. The van der Waals surface area contributed by atoms with E-state index in [0.717, 1.165) is 19.5 Å². The summed E-state index contributed by atoms with van der Waals surface area (Å²) in [4.78, 5) is 13.2. The van der Waals surface area contributed by atoms with E-state index in [-0.39, 0.29) is 5.91 Å². The van der Waals surface area contributed by atoms with Gasteiger partial charge in [0.25, 0.3) is 0 Å². The smallest absolute Gasteiger partial charge is 0.219 e. The Kier molecular flexibility index (Phi) is 2.76. The number of likely N-dealkylation sites (tertiary alicyclic amines) is 1. The zero-order valence-electron chi connectivity index (χ0n) is 9.36. The molecule has 1 amide bonds. The molecule has 2 heteroatoms. The van der Waals surface area contributed by atoms with Crippen LogP contribution >= 0.6 is 0 Å². The van der Waals surface area contributed by atoms with Crippen molar-refractivity contribution in [3.63, 3.8) is 0 Å². The van der Waals surface area contributed by atoms with E-state index in [0.29, 0.717) is 5.92 Å². The van der Waals surface area contributed by atoms with Crippen molar-refractivity contribution in [1.82, 2.24) is 4.90 Å². The predicted molar refractivity (Wildman–Crippen MR) is 60.8 cm³/mol. The Bertz CT molecular complexity index is 373. The van der Waals surface area contributed by atoms with Gasteiger partial charge in [0.05, 0.1) is 0 Å². The van der Waals surface area contributed by atoms with Crippen LogP contribution in [0.2, 0.25) is 0 Å². The van der Waals surface area contributed by atoms with Crippen molar-refractivity contribution in [2.75, 3.05) is 13.1 Å². The fourth-order valence-corrected chi connectivity index (χ4v) is 2.24. The third-order valence-electron chi connectivity index (χ3n) is 3.15. The Morgan fingerprint density at radius 1 is 1.47 bits per heavy atom. The molecule has 1 aliphatic rings. The maximum atomic E-state index is 11.2. The van der Waals surface area contributed by atoms with Crippen LogP contribution in [0.4, 0.5) is 0 Å². The predicted octanol–water partition coefficient (Wildman–Crippen LogP) is 2.33. The maximum absolute atomic E-state index is 11.2. The molecule has 0 saturated carbocycles. The zero-order valence-corrected chi connectivity index (χ0v) is 9.36. The first-order valence-electron chi connectivity index (χ1n) is 5.49. The number of amides is 1. The van der Waals surface area contributed by atoms with E-state index in [1.807, 2.05) is 4.90 Å². The second-order valence-electron chi connectivity index (χ2n) is 4.36. The third kappa shape index (κ3) is 2.20. The topological polar surface area (TPSA) is 20.3 Å². The van der Waals surface area contributed by atoms with Crippen molar-refractivity contribution in [2.45, 2.75) is 26.2 Å². The Labute approximate surface area is 90.9 Å². The molecule has 1 fully saturated rings. The molecular weight excluding hydrogens is 186 g/mol. The Hall–Kier alpha value is -1.31. The first kappa shape index (κ1) is 10.2. The van der Waals surface area contributed by atoms with Gasteiger partial charge in [-0.1, -0.05) is 29.8 Å². The lowest BCUT2D eigenvalue weighted by Gasteiger charge is -2.14. The van der Waals surface area contributed by atoms with E-state index in [9.17, 15) is 4.79 Å². The van der Waals surface area contributed by atoms with E-state index < -0.39 is 0 Å². The van der Waals surface area contributed by atoms with Crippen LogP contribution in [0, 0.1) is 6.92 Å². The SMILES string of the molecule is CC(=O)N1CCC(c2cccc(C)c2)C1. The monoisotopic (exact) mass is 203 g/mol. The number of hydrogen-bond acceptors (Lipinski definition) is 1. The highest BCUT2D eigenvalue weighted by atomic mass is 16.2. The Balaban J connectivity index is 2.11. The molecule has 0 aliphatic carbocycles.